The number of carbonyl (C=O) groups excluding carboxylic acids is 1. The molecule has 2 aromatic heterocycles. The van der Waals surface area contributed by atoms with Crippen LogP contribution in [-0.2, 0) is 0 Å². The zero-order valence-electron chi connectivity index (χ0n) is 17.4. The molecule has 0 spiro atoms. The molecule has 4 rings (SSSR count). The highest BCUT2D eigenvalue weighted by Crippen LogP contribution is 2.31. The number of hydrogen-bond acceptors (Lipinski definition) is 5. The van der Waals surface area contributed by atoms with Crippen LogP contribution in [0.1, 0.15) is 24.3 Å². The summed E-state index contributed by atoms with van der Waals surface area (Å²) in [4.78, 5) is 14.3. The quantitative estimate of drug-likeness (QED) is 0.390. The van der Waals surface area contributed by atoms with E-state index >= 15 is 0 Å². The molecule has 0 atom stereocenters. The van der Waals surface area contributed by atoms with E-state index in [9.17, 15) is 4.79 Å². The number of hydrogen-bond donors (Lipinski definition) is 1. The number of aromatic nitrogens is 2. The summed E-state index contributed by atoms with van der Waals surface area (Å²) in [7, 11) is 0. The van der Waals surface area contributed by atoms with Gasteiger partial charge >= 0.3 is 0 Å². The molecule has 0 aliphatic heterocycles. The predicted molar refractivity (Wildman–Crippen MR) is 124 cm³/mol. The van der Waals surface area contributed by atoms with Crippen molar-refractivity contribution in [2.75, 3.05) is 18.5 Å². The highest BCUT2D eigenvalue weighted by Gasteiger charge is 2.20. The molecule has 0 radical (unpaired) electrons. The molecular weight excluding hydrogens is 410 g/mol. The molecule has 0 fully saturated rings. The van der Waals surface area contributed by atoms with Crippen molar-refractivity contribution in [2.45, 2.75) is 13.8 Å². The zero-order valence-corrected chi connectivity index (χ0v) is 18.2. The fourth-order valence-electron chi connectivity index (χ4n) is 3.18. The molecular formula is C24H23N3O3S. The molecule has 0 saturated heterocycles. The van der Waals surface area contributed by atoms with Crippen molar-refractivity contribution in [1.82, 2.24) is 9.78 Å². The van der Waals surface area contributed by atoms with E-state index in [1.54, 1.807) is 34.2 Å². The van der Waals surface area contributed by atoms with Gasteiger partial charge in [0, 0.05) is 6.07 Å². The van der Waals surface area contributed by atoms with Crippen LogP contribution in [0.2, 0.25) is 0 Å². The van der Waals surface area contributed by atoms with Gasteiger partial charge in [-0.15, -0.1) is 11.3 Å². The SMILES string of the molecule is CCOc1ccc(OCC)c(NC(=O)c2cc(-c3cccs3)nn2-c2ccccc2)c1. The first-order valence-corrected chi connectivity index (χ1v) is 11.0. The van der Waals surface area contributed by atoms with Crippen molar-refractivity contribution >= 4 is 22.9 Å². The Hall–Kier alpha value is -3.58. The van der Waals surface area contributed by atoms with Gasteiger partial charge in [-0.25, -0.2) is 4.68 Å². The fraction of sp³-hybridized carbons (Fsp3) is 0.167. The van der Waals surface area contributed by atoms with E-state index in [4.69, 9.17) is 14.6 Å². The van der Waals surface area contributed by atoms with E-state index in [2.05, 4.69) is 5.32 Å². The lowest BCUT2D eigenvalue weighted by molar-refractivity contribution is 0.101. The number of nitrogens with zero attached hydrogens (tertiary/aromatic N) is 2. The second kappa shape index (κ2) is 9.49. The van der Waals surface area contributed by atoms with E-state index in [0.29, 0.717) is 36.1 Å². The molecule has 4 aromatic rings. The Balaban J connectivity index is 1.72. The maximum absolute atomic E-state index is 13.4. The number of amides is 1. The Morgan fingerprint density at radius 1 is 1.00 bits per heavy atom. The summed E-state index contributed by atoms with van der Waals surface area (Å²) >= 11 is 1.58. The molecule has 6 nitrogen and oxygen atoms in total. The van der Waals surface area contributed by atoms with Gasteiger partial charge in [0.15, 0.2) is 0 Å². The number of anilines is 1. The molecule has 7 heteroatoms. The number of benzene rings is 2. The summed E-state index contributed by atoms with van der Waals surface area (Å²) in [5, 5.41) is 9.67. The summed E-state index contributed by atoms with van der Waals surface area (Å²) in [6, 6.07) is 20.8. The van der Waals surface area contributed by atoms with E-state index in [-0.39, 0.29) is 5.91 Å². The molecule has 0 aliphatic carbocycles. The maximum atomic E-state index is 13.4. The van der Waals surface area contributed by atoms with Gasteiger partial charge in [-0.3, -0.25) is 4.79 Å². The molecule has 0 aliphatic rings. The van der Waals surface area contributed by atoms with Crippen molar-refractivity contribution < 1.29 is 14.3 Å². The van der Waals surface area contributed by atoms with Gasteiger partial charge in [0.05, 0.1) is 29.5 Å². The van der Waals surface area contributed by atoms with Gasteiger partial charge in [0.1, 0.15) is 22.9 Å². The molecule has 31 heavy (non-hydrogen) atoms. The van der Waals surface area contributed by atoms with Crippen LogP contribution in [0.15, 0.2) is 72.1 Å². The van der Waals surface area contributed by atoms with Crippen LogP contribution in [-0.4, -0.2) is 28.9 Å². The lowest BCUT2D eigenvalue weighted by atomic mass is 10.2. The average molecular weight is 434 g/mol. The smallest absolute Gasteiger partial charge is 0.274 e. The molecule has 158 valence electrons. The molecule has 2 aromatic carbocycles. The first-order valence-electron chi connectivity index (χ1n) is 10.1. The largest absolute Gasteiger partial charge is 0.494 e. The minimum absolute atomic E-state index is 0.284. The van der Waals surface area contributed by atoms with Crippen LogP contribution < -0.4 is 14.8 Å². The molecule has 2 heterocycles. The van der Waals surface area contributed by atoms with E-state index in [1.807, 2.05) is 67.8 Å². The zero-order chi connectivity index (χ0) is 21.6. The maximum Gasteiger partial charge on any atom is 0.274 e. The summed E-state index contributed by atoms with van der Waals surface area (Å²) < 4.78 is 12.9. The van der Waals surface area contributed by atoms with Crippen molar-refractivity contribution in [1.29, 1.82) is 0 Å². The van der Waals surface area contributed by atoms with Crippen molar-refractivity contribution in [3.05, 3.63) is 77.8 Å². The second-order valence-electron chi connectivity index (χ2n) is 6.62. The summed E-state index contributed by atoms with van der Waals surface area (Å²) in [6.07, 6.45) is 0. The van der Waals surface area contributed by atoms with Gasteiger partial charge in [-0.05, 0) is 55.6 Å². The molecule has 0 bridgehead atoms. The highest BCUT2D eigenvalue weighted by atomic mass is 32.1. The van der Waals surface area contributed by atoms with Crippen LogP contribution in [0.3, 0.4) is 0 Å². The van der Waals surface area contributed by atoms with Gasteiger partial charge in [0.25, 0.3) is 5.91 Å². The van der Waals surface area contributed by atoms with Gasteiger partial charge < -0.3 is 14.8 Å². The van der Waals surface area contributed by atoms with E-state index in [0.717, 1.165) is 16.3 Å². The topological polar surface area (TPSA) is 65.4 Å². The third kappa shape index (κ3) is 4.62. The Kier molecular flexibility index (Phi) is 6.33. The minimum atomic E-state index is -0.284. The highest BCUT2D eigenvalue weighted by molar-refractivity contribution is 7.13. The van der Waals surface area contributed by atoms with Crippen molar-refractivity contribution in [3.63, 3.8) is 0 Å². The van der Waals surface area contributed by atoms with Crippen molar-refractivity contribution in [2.24, 2.45) is 0 Å². The average Bonchev–Trinajstić information content (AvgIpc) is 3.46. The third-order valence-electron chi connectivity index (χ3n) is 4.53. The number of ether oxygens (including phenoxy) is 2. The van der Waals surface area contributed by atoms with E-state index in [1.165, 1.54) is 0 Å². The van der Waals surface area contributed by atoms with Crippen LogP contribution >= 0.6 is 11.3 Å². The Morgan fingerprint density at radius 2 is 1.81 bits per heavy atom. The monoisotopic (exact) mass is 433 g/mol. The fourth-order valence-corrected chi connectivity index (χ4v) is 3.87. The number of nitrogens with one attached hydrogen (secondary N) is 1. The Morgan fingerprint density at radius 3 is 2.52 bits per heavy atom. The first kappa shape index (κ1) is 20.7. The van der Waals surface area contributed by atoms with Gasteiger partial charge in [-0.2, -0.15) is 5.10 Å². The van der Waals surface area contributed by atoms with Crippen LogP contribution in [0.5, 0.6) is 11.5 Å². The van der Waals surface area contributed by atoms with Crippen molar-refractivity contribution in [3.8, 4) is 27.8 Å². The molecule has 1 amide bonds. The van der Waals surface area contributed by atoms with E-state index < -0.39 is 0 Å². The third-order valence-corrected chi connectivity index (χ3v) is 5.42. The van der Waals surface area contributed by atoms with Crippen LogP contribution in [0.25, 0.3) is 16.3 Å². The second-order valence-corrected chi connectivity index (χ2v) is 7.57. The molecule has 1 N–H and O–H groups in total. The summed E-state index contributed by atoms with van der Waals surface area (Å²) in [6.45, 7) is 4.84. The number of para-hydroxylation sites is 1. The predicted octanol–water partition coefficient (Wildman–Crippen LogP) is 5.65. The van der Waals surface area contributed by atoms with Crippen LogP contribution in [0, 0.1) is 0 Å². The Labute approximate surface area is 185 Å². The number of carbonyl (C=O) groups is 1. The standard InChI is InChI=1S/C24H23N3O3S/c1-3-29-18-12-13-22(30-4-2)19(15-18)25-24(28)21-16-20(23-11-8-14-31-23)26-27(21)17-9-6-5-7-10-17/h5-16H,3-4H2,1-2H3,(H,25,28). The molecule has 0 unspecified atom stereocenters. The first-order chi connectivity index (χ1) is 15.2. The lowest BCUT2D eigenvalue weighted by Gasteiger charge is -2.14. The normalized spacial score (nSPS) is 10.6. The van der Waals surface area contributed by atoms with Gasteiger partial charge in [0.2, 0.25) is 0 Å². The number of rotatable bonds is 8. The van der Waals surface area contributed by atoms with Crippen LogP contribution in [0.4, 0.5) is 5.69 Å². The summed E-state index contributed by atoms with van der Waals surface area (Å²) in [5.74, 6) is 0.967. The minimum Gasteiger partial charge on any atom is -0.494 e. The molecule has 0 saturated carbocycles. The lowest BCUT2D eigenvalue weighted by Crippen LogP contribution is -2.17. The summed E-state index contributed by atoms with van der Waals surface area (Å²) in [5.41, 5.74) is 2.54. The van der Waals surface area contributed by atoms with Gasteiger partial charge in [-0.1, -0.05) is 24.3 Å². The number of thiophene rings is 1. The Bertz CT molecular complexity index is 1150.